The fourth-order valence-electron chi connectivity index (χ4n) is 2.30. The molecule has 2 atom stereocenters. The summed E-state index contributed by atoms with van der Waals surface area (Å²) in [5.41, 5.74) is 0.965. The van der Waals surface area contributed by atoms with E-state index in [0.29, 0.717) is 19.5 Å². The summed E-state index contributed by atoms with van der Waals surface area (Å²) in [6.07, 6.45) is 3.76. The summed E-state index contributed by atoms with van der Waals surface area (Å²) in [5.74, 6) is -0.219. The predicted molar refractivity (Wildman–Crippen MR) is 71.2 cm³/mol. The summed E-state index contributed by atoms with van der Waals surface area (Å²) in [6.45, 7) is 5.04. The number of carbonyl (C=O) groups is 2. The van der Waals surface area contributed by atoms with Crippen LogP contribution in [0.2, 0.25) is 0 Å². The van der Waals surface area contributed by atoms with Crippen LogP contribution in [0.1, 0.15) is 31.9 Å². The van der Waals surface area contributed by atoms with Crippen molar-refractivity contribution in [1.29, 1.82) is 0 Å². The highest BCUT2D eigenvalue weighted by molar-refractivity contribution is 5.89. The second kappa shape index (κ2) is 5.82. The van der Waals surface area contributed by atoms with Crippen LogP contribution in [0.15, 0.2) is 24.5 Å². The summed E-state index contributed by atoms with van der Waals surface area (Å²) in [7, 11) is 0. The molecule has 2 rings (SSSR count). The van der Waals surface area contributed by atoms with E-state index in [2.05, 4.69) is 10.3 Å². The minimum atomic E-state index is -0.230. The number of hydrogen-bond donors (Lipinski definition) is 1. The van der Waals surface area contributed by atoms with Crippen molar-refractivity contribution in [2.45, 2.75) is 26.3 Å². The first-order valence-corrected chi connectivity index (χ1v) is 6.60. The monoisotopic (exact) mass is 261 g/mol. The van der Waals surface area contributed by atoms with Gasteiger partial charge in [0.1, 0.15) is 0 Å². The van der Waals surface area contributed by atoms with E-state index < -0.39 is 0 Å². The van der Waals surface area contributed by atoms with Crippen LogP contribution in [-0.4, -0.2) is 34.8 Å². The van der Waals surface area contributed by atoms with Gasteiger partial charge in [0.05, 0.1) is 12.0 Å². The Labute approximate surface area is 113 Å². The molecule has 1 aromatic rings. The quantitative estimate of drug-likeness (QED) is 0.883. The summed E-state index contributed by atoms with van der Waals surface area (Å²) in [4.78, 5) is 29.5. The van der Waals surface area contributed by atoms with Crippen molar-refractivity contribution in [2.75, 3.05) is 13.1 Å². The third-order valence-electron chi connectivity index (χ3n) is 3.51. The summed E-state index contributed by atoms with van der Waals surface area (Å²) >= 11 is 0. The normalized spacial score (nSPS) is 20.4. The van der Waals surface area contributed by atoms with E-state index in [1.807, 2.05) is 26.0 Å². The lowest BCUT2D eigenvalue weighted by atomic mass is 10.1. The van der Waals surface area contributed by atoms with Crippen LogP contribution < -0.4 is 5.32 Å². The molecule has 1 aliphatic rings. The van der Waals surface area contributed by atoms with Gasteiger partial charge in [0.15, 0.2) is 0 Å². The second-order valence-electron chi connectivity index (χ2n) is 4.85. The predicted octanol–water partition coefficient (Wildman–Crippen LogP) is 1.13. The molecule has 0 saturated carbocycles. The van der Waals surface area contributed by atoms with Crippen molar-refractivity contribution in [3.05, 3.63) is 30.1 Å². The first-order chi connectivity index (χ1) is 9.11. The number of aromatic nitrogens is 1. The Morgan fingerprint density at radius 3 is 3.00 bits per heavy atom. The molecule has 1 aromatic heterocycles. The van der Waals surface area contributed by atoms with Crippen LogP contribution in [0, 0.1) is 5.92 Å². The van der Waals surface area contributed by atoms with Gasteiger partial charge in [-0.15, -0.1) is 0 Å². The summed E-state index contributed by atoms with van der Waals surface area (Å²) < 4.78 is 0. The Hall–Kier alpha value is -1.91. The molecule has 5 nitrogen and oxygen atoms in total. The van der Waals surface area contributed by atoms with Gasteiger partial charge in [-0.1, -0.05) is 6.07 Å². The van der Waals surface area contributed by atoms with Crippen LogP contribution in [0.25, 0.3) is 0 Å². The zero-order valence-electron chi connectivity index (χ0n) is 11.3. The van der Waals surface area contributed by atoms with Gasteiger partial charge in [0, 0.05) is 31.9 Å². The van der Waals surface area contributed by atoms with Gasteiger partial charge in [0.25, 0.3) is 0 Å². The largest absolute Gasteiger partial charge is 0.349 e. The molecule has 0 aromatic carbocycles. The Kier molecular flexibility index (Phi) is 4.14. The number of pyridine rings is 1. The number of nitrogens with one attached hydrogen (secondary N) is 1. The van der Waals surface area contributed by atoms with E-state index in [1.54, 1.807) is 17.3 Å². The van der Waals surface area contributed by atoms with Crippen molar-refractivity contribution >= 4 is 11.8 Å². The SMILES string of the molecule is CCN1C[C@H](C(=O)N[C@@H](C)c2cccnc2)CC1=O. The van der Waals surface area contributed by atoms with Gasteiger partial charge < -0.3 is 10.2 Å². The van der Waals surface area contributed by atoms with E-state index in [9.17, 15) is 9.59 Å². The maximum absolute atomic E-state index is 12.1. The highest BCUT2D eigenvalue weighted by atomic mass is 16.2. The molecule has 0 bridgehead atoms. The van der Waals surface area contributed by atoms with Crippen LogP contribution in [0.5, 0.6) is 0 Å². The van der Waals surface area contributed by atoms with Crippen molar-refractivity contribution < 1.29 is 9.59 Å². The molecule has 0 aliphatic carbocycles. The van der Waals surface area contributed by atoms with Crippen molar-refractivity contribution in [1.82, 2.24) is 15.2 Å². The maximum Gasteiger partial charge on any atom is 0.225 e. The third-order valence-corrected chi connectivity index (χ3v) is 3.51. The van der Waals surface area contributed by atoms with Crippen LogP contribution in [0.3, 0.4) is 0 Å². The third kappa shape index (κ3) is 3.10. The van der Waals surface area contributed by atoms with E-state index in [1.165, 1.54) is 0 Å². The maximum atomic E-state index is 12.1. The smallest absolute Gasteiger partial charge is 0.225 e. The number of amides is 2. The minimum Gasteiger partial charge on any atom is -0.349 e. The molecule has 0 spiro atoms. The van der Waals surface area contributed by atoms with Crippen LogP contribution in [0.4, 0.5) is 0 Å². The first-order valence-electron chi connectivity index (χ1n) is 6.60. The Balaban J connectivity index is 1.93. The minimum absolute atomic E-state index is 0.0550. The fourth-order valence-corrected chi connectivity index (χ4v) is 2.30. The first kappa shape index (κ1) is 13.5. The number of likely N-dealkylation sites (tertiary alicyclic amines) is 1. The Bertz CT molecular complexity index is 461. The average Bonchev–Trinajstić information content (AvgIpc) is 2.81. The zero-order valence-corrected chi connectivity index (χ0v) is 11.3. The molecule has 102 valence electrons. The van der Waals surface area contributed by atoms with Gasteiger partial charge in [0.2, 0.25) is 11.8 Å². The van der Waals surface area contributed by atoms with E-state index >= 15 is 0 Å². The molecule has 5 heteroatoms. The highest BCUT2D eigenvalue weighted by Crippen LogP contribution is 2.19. The van der Waals surface area contributed by atoms with E-state index in [4.69, 9.17) is 0 Å². The van der Waals surface area contributed by atoms with Crippen LogP contribution >= 0.6 is 0 Å². The van der Waals surface area contributed by atoms with Gasteiger partial charge in [-0.3, -0.25) is 14.6 Å². The number of rotatable bonds is 4. The van der Waals surface area contributed by atoms with Crippen molar-refractivity contribution in [2.24, 2.45) is 5.92 Å². The average molecular weight is 261 g/mol. The van der Waals surface area contributed by atoms with Gasteiger partial charge in [-0.2, -0.15) is 0 Å². The topological polar surface area (TPSA) is 62.3 Å². The molecule has 0 radical (unpaired) electrons. The number of hydrogen-bond acceptors (Lipinski definition) is 3. The fraction of sp³-hybridized carbons (Fsp3) is 0.500. The van der Waals surface area contributed by atoms with Gasteiger partial charge in [-0.25, -0.2) is 0 Å². The molecule has 1 saturated heterocycles. The number of carbonyl (C=O) groups excluding carboxylic acids is 2. The van der Waals surface area contributed by atoms with Gasteiger partial charge >= 0.3 is 0 Å². The molecule has 2 heterocycles. The zero-order chi connectivity index (χ0) is 13.8. The Morgan fingerprint density at radius 1 is 1.63 bits per heavy atom. The van der Waals surface area contributed by atoms with Crippen molar-refractivity contribution in [3.63, 3.8) is 0 Å². The Morgan fingerprint density at radius 2 is 2.42 bits per heavy atom. The summed E-state index contributed by atoms with van der Waals surface area (Å²) in [5, 5.41) is 2.95. The van der Waals surface area contributed by atoms with Gasteiger partial charge in [-0.05, 0) is 25.5 Å². The molecule has 0 unspecified atom stereocenters. The summed E-state index contributed by atoms with van der Waals surface area (Å²) in [6, 6.07) is 3.68. The van der Waals surface area contributed by atoms with Crippen molar-refractivity contribution in [3.8, 4) is 0 Å². The molecule has 1 aliphatic heterocycles. The molecular weight excluding hydrogens is 242 g/mol. The van der Waals surface area contributed by atoms with Crippen LogP contribution in [-0.2, 0) is 9.59 Å². The highest BCUT2D eigenvalue weighted by Gasteiger charge is 2.33. The molecule has 19 heavy (non-hydrogen) atoms. The van der Waals surface area contributed by atoms with E-state index in [0.717, 1.165) is 5.56 Å². The standard InChI is InChI=1S/C14H19N3O2/c1-3-17-9-12(7-13(17)18)14(19)16-10(2)11-5-4-6-15-8-11/h4-6,8,10,12H,3,7,9H2,1-2H3,(H,16,19)/t10-,12+/m0/s1. The van der Waals surface area contributed by atoms with E-state index in [-0.39, 0.29) is 23.8 Å². The second-order valence-corrected chi connectivity index (χ2v) is 4.85. The lowest BCUT2D eigenvalue weighted by Gasteiger charge is -2.17. The molecule has 2 amide bonds. The lowest BCUT2D eigenvalue weighted by Crippen LogP contribution is -2.34. The molecule has 1 fully saturated rings. The molecular formula is C14H19N3O2. The number of nitrogens with zero attached hydrogens (tertiary/aromatic N) is 2. The molecule has 1 N–H and O–H groups in total. The lowest BCUT2D eigenvalue weighted by molar-refractivity contribution is -0.129.